The molecule has 1 aromatic carbocycles. The lowest BCUT2D eigenvalue weighted by Gasteiger charge is -2.03. The van der Waals surface area contributed by atoms with Crippen molar-refractivity contribution in [3.63, 3.8) is 0 Å². The standard InChI is InChI=1S/C11H9FN4O4/c1-20-11(17)10-13-6-15(14-10)5-7-4-8(12)2-3-9(7)16(18)19/h2-4,6H,5H2,1H3. The van der Waals surface area contributed by atoms with Crippen molar-refractivity contribution in [1.82, 2.24) is 14.8 Å². The van der Waals surface area contributed by atoms with Crippen LogP contribution in [0.15, 0.2) is 24.5 Å². The zero-order chi connectivity index (χ0) is 14.7. The SMILES string of the molecule is COC(=O)c1ncn(Cc2cc(F)ccc2[N+](=O)[O-])n1. The van der Waals surface area contributed by atoms with Crippen LogP contribution in [0.1, 0.15) is 16.2 Å². The lowest BCUT2D eigenvalue weighted by molar-refractivity contribution is -0.385. The van der Waals surface area contributed by atoms with Gasteiger partial charge >= 0.3 is 5.97 Å². The summed E-state index contributed by atoms with van der Waals surface area (Å²) in [4.78, 5) is 25.1. The van der Waals surface area contributed by atoms with Gasteiger partial charge in [-0.1, -0.05) is 0 Å². The average Bonchev–Trinajstić information content (AvgIpc) is 2.86. The van der Waals surface area contributed by atoms with Crippen LogP contribution in [-0.4, -0.2) is 32.8 Å². The number of nitro benzene ring substituents is 1. The summed E-state index contributed by atoms with van der Waals surface area (Å²) in [5.41, 5.74) is -0.113. The van der Waals surface area contributed by atoms with E-state index in [2.05, 4.69) is 14.8 Å². The van der Waals surface area contributed by atoms with Gasteiger partial charge in [0, 0.05) is 6.07 Å². The van der Waals surface area contributed by atoms with Gasteiger partial charge in [0.05, 0.1) is 24.1 Å². The molecule has 0 saturated heterocycles. The Morgan fingerprint density at radius 1 is 1.55 bits per heavy atom. The Balaban J connectivity index is 2.30. The first kappa shape index (κ1) is 13.6. The van der Waals surface area contributed by atoms with Crippen molar-refractivity contribution in [2.45, 2.75) is 6.54 Å². The molecule has 8 nitrogen and oxygen atoms in total. The van der Waals surface area contributed by atoms with Crippen molar-refractivity contribution in [2.24, 2.45) is 0 Å². The molecule has 0 aliphatic heterocycles. The first-order valence-corrected chi connectivity index (χ1v) is 5.42. The lowest BCUT2D eigenvalue weighted by atomic mass is 10.2. The third kappa shape index (κ3) is 2.76. The van der Waals surface area contributed by atoms with E-state index >= 15 is 0 Å². The normalized spacial score (nSPS) is 10.3. The maximum atomic E-state index is 13.2. The summed E-state index contributed by atoms with van der Waals surface area (Å²) in [5, 5.41) is 14.6. The van der Waals surface area contributed by atoms with E-state index in [0.717, 1.165) is 18.2 Å². The van der Waals surface area contributed by atoms with Gasteiger partial charge in [-0.25, -0.2) is 18.9 Å². The quantitative estimate of drug-likeness (QED) is 0.473. The molecule has 0 atom stereocenters. The van der Waals surface area contributed by atoms with Gasteiger partial charge in [-0.05, 0) is 12.1 Å². The molecule has 0 fully saturated rings. The zero-order valence-corrected chi connectivity index (χ0v) is 10.3. The highest BCUT2D eigenvalue weighted by atomic mass is 19.1. The summed E-state index contributed by atoms with van der Waals surface area (Å²) >= 11 is 0. The molecule has 104 valence electrons. The maximum Gasteiger partial charge on any atom is 0.377 e. The number of hydrogen-bond donors (Lipinski definition) is 0. The van der Waals surface area contributed by atoms with E-state index < -0.39 is 16.7 Å². The van der Waals surface area contributed by atoms with Crippen LogP contribution >= 0.6 is 0 Å². The molecule has 0 saturated carbocycles. The van der Waals surface area contributed by atoms with E-state index in [0.29, 0.717) is 0 Å². The van der Waals surface area contributed by atoms with Crippen LogP contribution in [0.4, 0.5) is 10.1 Å². The smallest absolute Gasteiger partial charge is 0.377 e. The van der Waals surface area contributed by atoms with Gasteiger partial charge < -0.3 is 4.74 Å². The molecule has 0 radical (unpaired) electrons. The van der Waals surface area contributed by atoms with Crippen molar-refractivity contribution in [3.8, 4) is 0 Å². The molecule has 20 heavy (non-hydrogen) atoms. The minimum Gasteiger partial charge on any atom is -0.463 e. The molecule has 0 amide bonds. The number of hydrogen-bond acceptors (Lipinski definition) is 6. The van der Waals surface area contributed by atoms with Crippen LogP contribution in [0, 0.1) is 15.9 Å². The minimum absolute atomic E-state index is 0.0853. The topological polar surface area (TPSA) is 100 Å². The lowest BCUT2D eigenvalue weighted by Crippen LogP contribution is -2.07. The summed E-state index contributed by atoms with van der Waals surface area (Å²) in [7, 11) is 1.18. The third-order valence-corrected chi connectivity index (χ3v) is 2.48. The first-order valence-electron chi connectivity index (χ1n) is 5.42. The predicted molar refractivity (Wildman–Crippen MR) is 63.5 cm³/mol. The number of benzene rings is 1. The molecule has 2 rings (SSSR count). The second kappa shape index (κ2) is 5.43. The highest BCUT2D eigenvalue weighted by Gasteiger charge is 2.17. The molecule has 0 unspecified atom stereocenters. The molecule has 0 bridgehead atoms. The first-order chi connectivity index (χ1) is 9.51. The number of rotatable bonds is 4. The van der Waals surface area contributed by atoms with E-state index in [1.165, 1.54) is 18.1 Å². The third-order valence-electron chi connectivity index (χ3n) is 2.48. The van der Waals surface area contributed by atoms with Gasteiger partial charge in [0.1, 0.15) is 12.1 Å². The van der Waals surface area contributed by atoms with Crippen LogP contribution in [0.3, 0.4) is 0 Å². The molecule has 2 aromatic rings. The number of aromatic nitrogens is 3. The molecular weight excluding hydrogens is 271 g/mol. The molecule has 0 spiro atoms. The summed E-state index contributed by atoms with van der Waals surface area (Å²) in [6, 6.07) is 3.11. The van der Waals surface area contributed by atoms with Crippen LogP contribution < -0.4 is 0 Å². The van der Waals surface area contributed by atoms with Gasteiger partial charge in [-0.15, -0.1) is 5.10 Å². The molecule has 1 aromatic heterocycles. The van der Waals surface area contributed by atoms with Crippen molar-refractivity contribution in [2.75, 3.05) is 7.11 Å². The number of halogens is 1. The maximum absolute atomic E-state index is 13.2. The molecular formula is C11H9FN4O4. The summed E-state index contributed by atoms with van der Waals surface area (Å²) in [6.07, 6.45) is 1.21. The van der Waals surface area contributed by atoms with Gasteiger partial charge in [0.2, 0.25) is 0 Å². The molecule has 9 heteroatoms. The number of nitro groups is 1. The zero-order valence-electron chi connectivity index (χ0n) is 10.3. The van der Waals surface area contributed by atoms with Gasteiger partial charge in [0.25, 0.3) is 11.5 Å². The van der Waals surface area contributed by atoms with Crippen LogP contribution in [0.5, 0.6) is 0 Å². The fraction of sp³-hybridized carbons (Fsp3) is 0.182. The minimum atomic E-state index is -0.725. The molecule has 0 N–H and O–H groups in total. The Bertz CT molecular complexity index is 670. The summed E-state index contributed by atoms with van der Waals surface area (Å²) < 4.78 is 18.8. The van der Waals surface area contributed by atoms with E-state index in [4.69, 9.17) is 0 Å². The Hall–Kier alpha value is -2.84. The van der Waals surface area contributed by atoms with Crippen molar-refractivity contribution < 1.29 is 18.8 Å². The average molecular weight is 280 g/mol. The fourth-order valence-corrected chi connectivity index (χ4v) is 1.59. The Morgan fingerprint density at radius 2 is 2.30 bits per heavy atom. The summed E-state index contributed by atoms with van der Waals surface area (Å²) in [5.74, 6) is -1.50. The summed E-state index contributed by atoms with van der Waals surface area (Å²) in [6.45, 7) is -0.0853. The number of esters is 1. The predicted octanol–water partition coefficient (Wildman–Crippen LogP) is 1.16. The van der Waals surface area contributed by atoms with Crippen molar-refractivity contribution in [3.05, 3.63) is 51.8 Å². The number of nitrogens with zero attached hydrogens (tertiary/aromatic N) is 4. The molecule has 0 aliphatic carbocycles. The molecule has 1 heterocycles. The van der Waals surface area contributed by atoms with Crippen LogP contribution in [-0.2, 0) is 11.3 Å². The van der Waals surface area contributed by atoms with Crippen molar-refractivity contribution in [1.29, 1.82) is 0 Å². The number of carbonyl (C=O) groups excluding carboxylic acids is 1. The van der Waals surface area contributed by atoms with E-state index in [-0.39, 0.29) is 23.6 Å². The van der Waals surface area contributed by atoms with E-state index in [9.17, 15) is 19.3 Å². The monoisotopic (exact) mass is 280 g/mol. The van der Waals surface area contributed by atoms with Gasteiger partial charge in [-0.3, -0.25) is 10.1 Å². The van der Waals surface area contributed by atoms with E-state index in [1.54, 1.807) is 0 Å². The van der Waals surface area contributed by atoms with Gasteiger partial charge in [-0.2, -0.15) is 0 Å². The number of methoxy groups -OCH3 is 1. The van der Waals surface area contributed by atoms with E-state index in [1.807, 2.05) is 0 Å². The fourth-order valence-electron chi connectivity index (χ4n) is 1.59. The van der Waals surface area contributed by atoms with Crippen LogP contribution in [0.2, 0.25) is 0 Å². The second-order valence-electron chi connectivity index (χ2n) is 3.79. The molecule has 0 aliphatic rings. The van der Waals surface area contributed by atoms with Crippen LogP contribution in [0.25, 0.3) is 0 Å². The Kier molecular flexibility index (Phi) is 3.69. The number of carbonyl (C=O) groups is 1. The van der Waals surface area contributed by atoms with Gasteiger partial charge in [0.15, 0.2) is 0 Å². The van der Waals surface area contributed by atoms with Crippen molar-refractivity contribution >= 4 is 11.7 Å². The highest BCUT2D eigenvalue weighted by Crippen LogP contribution is 2.20. The Labute approximate surface area is 112 Å². The Morgan fingerprint density at radius 3 is 2.95 bits per heavy atom. The largest absolute Gasteiger partial charge is 0.463 e. The second-order valence-corrected chi connectivity index (χ2v) is 3.79. The number of ether oxygens (including phenoxy) is 1. The highest BCUT2D eigenvalue weighted by molar-refractivity contribution is 5.84.